The van der Waals surface area contributed by atoms with E-state index in [1.54, 1.807) is 6.07 Å². The van der Waals surface area contributed by atoms with Gasteiger partial charge in [0.05, 0.1) is 5.02 Å². The first-order chi connectivity index (χ1) is 6.97. The van der Waals surface area contributed by atoms with Crippen LogP contribution in [0.1, 0.15) is 0 Å². The first-order valence-electron chi connectivity index (χ1n) is 3.98. The molecule has 0 radical (unpaired) electrons. The van der Waals surface area contributed by atoms with E-state index in [9.17, 15) is 8.42 Å². The molecule has 0 fully saturated rings. The Morgan fingerprint density at radius 3 is 2.60 bits per heavy atom. The van der Waals surface area contributed by atoms with Crippen LogP contribution in [0.2, 0.25) is 10.0 Å². The highest BCUT2D eigenvalue weighted by molar-refractivity contribution is 14.1. The van der Waals surface area contributed by atoms with Gasteiger partial charge in [-0.05, 0) is 18.2 Å². The molecule has 0 spiro atoms. The zero-order chi connectivity index (χ0) is 11.5. The molecule has 7 heteroatoms. The monoisotopic (exact) mass is 379 g/mol. The molecule has 1 aromatic carbocycles. The SMILES string of the molecule is O=S(=O)(NCCI)c1cc(Cl)ccc1Cl. The maximum absolute atomic E-state index is 11.7. The number of nitrogens with one attached hydrogen (secondary N) is 1. The molecule has 0 aliphatic heterocycles. The van der Waals surface area contributed by atoms with E-state index in [-0.39, 0.29) is 9.92 Å². The summed E-state index contributed by atoms with van der Waals surface area (Å²) in [7, 11) is -3.55. The number of alkyl halides is 1. The molecule has 84 valence electrons. The first-order valence-corrected chi connectivity index (χ1v) is 7.74. The summed E-state index contributed by atoms with van der Waals surface area (Å²) >= 11 is 13.6. The Balaban J connectivity index is 3.09. The highest BCUT2D eigenvalue weighted by Crippen LogP contribution is 2.24. The normalized spacial score (nSPS) is 11.7. The van der Waals surface area contributed by atoms with E-state index in [1.807, 2.05) is 0 Å². The van der Waals surface area contributed by atoms with Gasteiger partial charge in [-0.3, -0.25) is 0 Å². The maximum Gasteiger partial charge on any atom is 0.242 e. The highest BCUT2D eigenvalue weighted by atomic mass is 127. The minimum Gasteiger partial charge on any atom is -0.210 e. The Kier molecular flexibility index (Phi) is 5.11. The summed E-state index contributed by atoms with van der Waals surface area (Å²) in [4.78, 5) is 0.0153. The summed E-state index contributed by atoms with van der Waals surface area (Å²) in [6.07, 6.45) is 0. The average molecular weight is 380 g/mol. The standard InChI is InChI=1S/C8H8Cl2INO2S/c9-6-1-2-7(10)8(5-6)15(13,14)12-4-3-11/h1-2,5,12H,3-4H2. The summed E-state index contributed by atoms with van der Waals surface area (Å²) in [6.45, 7) is 0.367. The van der Waals surface area contributed by atoms with E-state index in [1.165, 1.54) is 12.1 Å². The van der Waals surface area contributed by atoms with Crippen molar-refractivity contribution in [1.82, 2.24) is 4.72 Å². The van der Waals surface area contributed by atoms with Crippen molar-refractivity contribution in [2.75, 3.05) is 11.0 Å². The first kappa shape index (κ1) is 13.5. The highest BCUT2D eigenvalue weighted by Gasteiger charge is 2.17. The van der Waals surface area contributed by atoms with Crippen molar-refractivity contribution in [3.8, 4) is 0 Å². The van der Waals surface area contributed by atoms with E-state index >= 15 is 0 Å². The molecule has 0 amide bonds. The summed E-state index contributed by atoms with van der Waals surface area (Å²) in [5.74, 6) is 0. The van der Waals surface area contributed by atoms with Crippen LogP contribution in [0, 0.1) is 0 Å². The largest absolute Gasteiger partial charge is 0.242 e. The third kappa shape index (κ3) is 3.74. The maximum atomic E-state index is 11.7. The van der Waals surface area contributed by atoms with Crippen molar-refractivity contribution in [3.63, 3.8) is 0 Å². The van der Waals surface area contributed by atoms with Crippen LogP contribution in [0.4, 0.5) is 0 Å². The second-order valence-corrected chi connectivity index (χ2v) is 6.32. The lowest BCUT2D eigenvalue weighted by molar-refractivity contribution is 0.584. The molecule has 0 aromatic heterocycles. The molecule has 1 rings (SSSR count). The van der Waals surface area contributed by atoms with E-state index < -0.39 is 10.0 Å². The average Bonchev–Trinajstić information content (AvgIpc) is 2.18. The van der Waals surface area contributed by atoms with Crippen molar-refractivity contribution in [2.24, 2.45) is 0 Å². The number of sulfonamides is 1. The number of hydrogen-bond donors (Lipinski definition) is 1. The van der Waals surface area contributed by atoms with Gasteiger partial charge in [-0.15, -0.1) is 0 Å². The minimum absolute atomic E-state index is 0.0153. The van der Waals surface area contributed by atoms with Gasteiger partial charge in [0.15, 0.2) is 0 Å². The lowest BCUT2D eigenvalue weighted by Gasteiger charge is -2.07. The van der Waals surface area contributed by atoms with E-state index in [2.05, 4.69) is 27.3 Å². The fraction of sp³-hybridized carbons (Fsp3) is 0.250. The minimum atomic E-state index is -3.55. The van der Waals surface area contributed by atoms with Crippen LogP contribution in [-0.4, -0.2) is 19.4 Å². The van der Waals surface area contributed by atoms with Crippen LogP contribution in [0.3, 0.4) is 0 Å². The predicted octanol–water partition coefficient (Wildman–Crippen LogP) is 2.71. The lowest BCUT2D eigenvalue weighted by Crippen LogP contribution is -2.25. The van der Waals surface area contributed by atoms with Gasteiger partial charge in [0, 0.05) is 16.0 Å². The van der Waals surface area contributed by atoms with Crippen LogP contribution < -0.4 is 4.72 Å². The Hall–Kier alpha value is 0.440. The number of benzene rings is 1. The Morgan fingerprint density at radius 1 is 1.33 bits per heavy atom. The van der Waals surface area contributed by atoms with Gasteiger partial charge in [0.1, 0.15) is 4.90 Å². The van der Waals surface area contributed by atoms with Gasteiger partial charge in [0.2, 0.25) is 10.0 Å². The summed E-state index contributed by atoms with van der Waals surface area (Å²) in [5, 5.41) is 0.509. The molecule has 0 aliphatic rings. The third-order valence-electron chi connectivity index (χ3n) is 1.57. The quantitative estimate of drug-likeness (QED) is 0.645. The molecule has 0 heterocycles. The molecule has 0 saturated carbocycles. The van der Waals surface area contributed by atoms with Crippen molar-refractivity contribution in [3.05, 3.63) is 28.2 Å². The van der Waals surface area contributed by atoms with Gasteiger partial charge in [-0.1, -0.05) is 45.8 Å². The molecule has 0 bridgehead atoms. The van der Waals surface area contributed by atoms with E-state index in [0.29, 0.717) is 16.0 Å². The van der Waals surface area contributed by atoms with Gasteiger partial charge in [0.25, 0.3) is 0 Å². The van der Waals surface area contributed by atoms with E-state index in [0.717, 1.165) is 0 Å². The van der Waals surface area contributed by atoms with Gasteiger partial charge < -0.3 is 0 Å². The smallest absolute Gasteiger partial charge is 0.210 e. The molecule has 0 atom stereocenters. The predicted molar refractivity (Wildman–Crippen MR) is 70.5 cm³/mol. The van der Waals surface area contributed by atoms with Crippen LogP contribution in [0.15, 0.2) is 23.1 Å². The Bertz CT molecular complexity index is 450. The van der Waals surface area contributed by atoms with Crippen LogP contribution in [0.5, 0.6) is 0 Å². The fourth-order valence-electron chi connectivity index (χ4n) is 0.934. The summed E-state index contributed by atoms with van der Waals surface area (Å²) in [5.41, 5.74) is 0. The van der Waals surface area contributed by atoms with Crippen LogP contribution in [0.25, 0.3) is 0 Å². The van der Waals surface area contributed by atoms with Crippen LogP contribution >= 0.6 is 45.8 Å². The van der Waals surface area contributed by atoms with Crippen molar-refractivity contribution in [2.45, 2.75) is 4.90 Å². The molecule has 1 aromatic rings. The van der Waals surface area contributed by atoms with Crippen molar-refractivity contribution >= 4 is 55.8 Å². The number of halogens is 3. The topological polar surface area (TPSA) is 46.2 Å². The third-order valence-corrected chi connectivity index (χ3v) is 4.29. The molecule has 3 nitrogen and oxygen atoms in total. The van der Waals surface area contributed by atoms with E-state index in [4.69, 9.17) is 23.2 Å². The molecule has 1 N–H and O–H groups in total. The molecular weight excluding hydrogens is 372 g/mol. The zero-order valence-corrected chi connectivity index (χ0v) is 12.0. The molecule has 0 saturated heterocycles. The zero-order valence-electron chi connectivity index (χ0n) is 7.50. The molecular formula is C8H8Cl2INO2S. The summed E-state index contributed by atoms with van der Waals surface area (Å²) in [6, 6.07) is 4.34. The Morgan fingerprint density at radius 2 is 2.00 bits per heavy atom. The Labute approximate surface area is 112 Å². The molecule has 15 heavy (non-hydrogen) atoms. The van der Waals surface area contributed by atoms with Gasteiger partial charge in [-0.25, -0.2) is 13.1 Å². The lowest BCUT2D eigenvalue weighted by atomic mass is 10.4. The number of rotatable bonds is 4. The second kappa shape index (κ2) is 5.67. The van der Waals surface area contributed by atoms with Crippen LogP contribution in [-0.2, 0) is 10.0 Å². The number of hydrogen-bond acceptors (Lipinski definition) is 2. The van der Waals surface area contributed by atoms with Crippen molar-refractivity contribution in [1.29, 1.82) is 0 Å². The molecule has 0 aliphatic carbocycles. The van der Waals surface area contributed by atoms with Crippen molar-refractivity contribution < 1.29 is 8.42 Å². The molecule has 0 unspecified atom stereocenters. The summed E-state index contributed by atoms with van der Waals surface area (Å²) < 4.78 is 26.5. The fourth-order valence-corrected chi connectivity index (χ4v) is 3.36. The van der Waals surface area contributed by atoms with Gasteiger partial charge in [-0.2, -0.15) is 0 Å². The second-order valence-electron chi connectivity index (χ2n) is 2.66. The van der Waals surface area contributed by atoms with Gasteiger partial charge >= 0.3 is 0 Å².